The molecule has 0 spiro atoms. The maximum Gasteiger partial charge on any atom is 0.267 e. The zero-order valence-electron chi connectivity index (χ0n) is 13.7. The Morgan fingerprint density at radius 1 is 1.17 bits per heavy atom. The number of aromatic nitrogens is 1. The molecule has 0 fully saturated rings. The van der Waals surface area contributed by atoms with Crippen molar-refractivity contribution < 1.29 is 9.18 Å². The molecule has 0 aliphatic rings. The molecule has 0 saturated heterocycles. The molecule has 0 saturated carbocycles. The Morgan fingerprint density at radius 2 is 1.92 bits per heavy atom. The number of likely N-dealkylation sites (N-methyl/N-ethyl adjacent to an activating group) is 1. The second-order valence-electron chi connectivity index (χ2n) is 5.98. The predicted molar refractivity (Wildman–Crippen MR) is 93.5 cm³/mol. The number of H-pyrrole nitrogens is 1. The number of hydrogen-bond acceptors (Lipinski definition) is 2. The third kappa shape index (κ3) is 3.31. The molecule has 0 radical (unpaired) electrons. The van der Waals surface area contributed by atoms with Crippen molar-refractivity contribution in [1.29, 1.82) is 0 Å². The van der Waals surface area contributed by atoms with Gasteiger partial charge >= 0.3 is 0 Å². The highest BCUT2D eigenvalue weighted by atomic mass is 19.1. The van der Waals surface area contributed by atoms with Gasteiger partial charge in [0.25, 0.3) is 5.91 Å². The Bertz CT molecular complexity index is 842. The van der Waals surface area contributed by atoms with E-state index in [0.29, 0.717) is 23.1 Å². The molecule has 0 aliphatic carbocycles. The Kier molecular flexibility index (Phi) is 4.62. The van der Waals surface area contributed by atoms with Gasteiger partial charge in [-0.2, -0.15) is 0 Å². The molecule has 1 heterocycles. The number of hydrogen-bond donors (Lipinski definition) is 2. The van der Waals surface area contributed by atoms with Crippen LogP contribution in [0.25, 0.3) is 10.9 Å². The zero-order chi connectivity index (χ0) is 17.1. The quantitative estimate of drug-likeness (QED) is 0.756. The fourth-order valence-corrected chi connectivity index (χ4v) is 2.80. The summed E-state index contributed by atoms with van der Waals surface area (Å²) in [7, 11) is 3.95. The van der Waals surface area contributed by atoms with Crippen LogP contribution in [0.4, 0.5) is 4.39 Å². The van der Waals surface area contributed by atoms with Crippen molar-refractivity contribution in [3.63, 3.8) is 0 Å². The summed E-state index contributed by atoms with van der Waals surface area (Å²) in [4.78, 5) is 17.4. The molecule has 0 bridgehead atoms. The van der Waals surface area contributed by atoms with E-state index < -0.39 is 0 Å². The molecule has 3 aromatic rings. The van der Waals surface area contributed by atoms with Crippen LogP contribution >= 0.6 is 0 Å². The van der Waals surface area contributed by atoms with Crippen LogP contribution in [-0.2, 0) is 0 Å². The van der Waals surface area contributed by atoms with Crippen LogP contribution in [0, 0.1) is 5.82 Å². The van der Waals surface area contributed by atoms with E-state index in [4.69, 9.17) is 0 Å². The Balaban J connectivity index is 1.74. The number of carbonyl (C=O) groups excluding carboxylic acids is 1. The first-order valence-corrected chi connectivity index (χ1v) is 7.83. The minimum absolute atomic E-state index is 0.0660. The molecule has 2 N–H and O–H groups in total. The largest absolute Gasteiger partial charge is 0.350 e. The van der Waals surface area contributed by atoms with E-state index in [9.17, 15) is 9.18 Å². The van der Waals surface area contributed by atoms with Crippen molar-refractivity contribution >= 4 is 16.8 Å². The number of amides is 1. The molecule has 24 heavy (non-hydrogen) atoms. The van der Waals surface area contributed by atoms with Gasteiger partial charge in [0.05, 0.1) is 6.04 Å². The van der Waals surface area contributed by atoms with Gasteiger partial charge in [-0.05, 0) is 37.9 Å². The predicted octanol–water partition coefficient (Wildman–Crippen LogP) is 3.34. The number of halogens is 1. The molecule has 1 unspecified atom stereocenters. The number of rotatable bonds is 5. The number of aromatic amines is 1. The summed E-state index contributed by atoms with van der Waals surface area (Å²) in [5, 5.41) is 3.35. The fraction of sp³-hybridized carbons (Fsp3) is 0.211. The van der Waals surface area contributed by atoms with Crippen molar-refractivity contribution in [2.45, 2.75) is 6.04 Å². The van der Waals surface area contributed by atoms with Crippen LogP contribution in [0.2, 0.25) is 0 Å². The van der Waals surface area contributed by atoms with Crippen LogP contribution < -0.4 is 5.32 Å². The lowest BCUT2D eigenvalue weighted by Crippen LogP contribution is -2.34. The van der Waals surface area contributed by atoms with Crippen molar-refractivity contribution in [2.75, 3.05) is 20.6 Å². The summed E-state index contributed by atoms with van der Waals surface area (Å²) in [6.07, 6.45) is 0. The Hall–Kier alpha value is -2.66. The fourth-order valence-electron chi connectivity index (χ4n) is 2.80. The number of carbonyl (C=O) groups is 1. The summed E-state index contributed by atoms with van der Waals surface area (Å²) in [6, 6.07) is 16.4. The van der Waals surface area contributed by atoms with Gasteiger partial charge < -0.3 is 15.2 Å². The van der Waals surface area contributed by atoms with E-state index in [0.717, 1.165) is 5.56 Å². The third-order valence-electron chi connectivity index (χ3n) is 4.12. The minimum atomic E-state index is -0.335. The van der Waals surface area contributed by atoms with Gasteiger partial charge in [0.15, 0.2) is 0 Å². The first-order valence-electron chi connectivity index (χ1n) is 7.83. The summed E-state index contributed by atoms with van der Waals surface area (Å²) in [5.74, 6) is -0.577. The number of nitrogens with one attached hydrogen (secondary N) is 2. The van der Waals surface area contributed by atoms with Crippen LogP contribution in [0.15, 0.2) is 54.6 Å². The highest BCUT2D eigenvalue weighted by Gasteiger charge is 2.17. The standard InChI is InChI=1S/C19H20FN3O/c1-23(2)18(13-7-4-3-5-8-13)12-21-19(24)17-11-14-15(20)9-6-10-16(14)22-17/h3-11,18,22H,12H2,1-2H3,(H,21,24). The highest BCUT2D eigenvalue weighted by Crippen LogP contribution is 2.19. The van der Waals surface area contributed by atoms with Crippen molar-refractivity contribution in [1.82, 2.24) is 15.2 Å². The topological polar surface area (TPSA) is 48.1 Å². The van der Waals surface area contributed by atoms with E-state index in [1.807, 2.05) is 44.4 Å². The van der Waals surface area contributed by atoms with Crippen LogP contribution in [0.1, 0.15) is 22.1 Å². The first kappa shape index (κ1) is 16.2. The lowest BCUT2D eigenvalue weighted by atomic mass is 10.1. The maximum absolute atomic E-state index is 13.7. The van der Waals surface area contributed by atoms with Gasteiger partial charge in [0.1, 0.15) is 11.5 Å². The van der Waals surface area contributed by atoms with E-state index in [2.05, 4.69) is 15.2 Å². The molecule has 1 amide bonds. The average molecular weight is 325 g/mol. The highest BCUT2D eigenvalue weighted by molar-refractivity contribution is 5.98. The van der Waals surface area contributed by atoms with E-state index >= 15 is 0 Å². The van der Waals surface area contributed by atoms with Crippen LogP contribution in [-0.4, -0.2) is 36.4 Å². The third-order valence-corrected chi connectivity index (χ3v) is 4.12. The summed E-state index contributed by atoms with van der Waals surface area (Å²) in [6.45, 7) is 0.466. The van der Waals surface area contributed by atoms with Crippen LogP contribution in [0.3, 0.4) is 0 Å². The van der Waals surface area contributed by atoms with Gasteiger partial charge in [-0.15, -0.1) is 0 Å². The van der Waals surface area contributed by atoms with Crippen molar-refractivity contribution in [3.8, 4) is 0 Å². The molecule has 1 aromatic heterocycles. The monoisotopic (exact) mass is 325 g/mol. The van der Waals surface area contributed by atoms with E-state index in [1.165, 1.54) is 6.07 Å². The minimum Gasteiger partial charge on any atom is -0.350 e. The summed E-state index contributed by atoms with van der Waals surface area (Å²) >= 11 is 0. The number of fused-ring (bicyclic) bond motifs is 1. The lowest BCUT2D eigenvalue weighted by Gasteiger charge is -2.25. The molecule has 4 nitrogen and oxygen atoms in total. The summed E-state index contributed by atoms with van der Waals surface area (Å²) in [5.41, 5.74) is 2.11. The molecule has 3 rings (SSSR count). The molecule has 124 valence electrons. The molecule has 2 aromatic carbocycles. The molecule has 1 atom stereocenters. The van der Waals surface area contributed by atoms with Crippen LogP contribution in [0.5, 0.6) is 0 Å². The zero-order valence-corrected chi connectivity index (χ0v) is 13.7. The molecular formula is C19H20FN3O. The smallest absolute Gasteiger partial charge is 0.267 e. The van der Waals surface area contributed by atoms with E-state index in [-0.39, 0.29) is 17.8 Å². The Labute approximate surface area is 140 Å². The normalized spacial score (nSPS) is 12.5. The lowest BCUT2D eigenvalue weighted by molar-refractivity contribution is 0.0938. The molecule has 0 aliphatic heterocycles. The SMILES string of the molecule is CN(C)C(CNC(=O)c1cc2c(F)cccc2[nH]1)c1ccccc1. The maximum atomic E-state index is 13.7. The Morgan fingerprint density at radius 3 is 2.58 bits per heavy atom. The average Bonchev–Trinajstić information content (AvgIpc) is 3.01. The van der Waals surface area contributed by atoms with Gasteiger partial charge in [-0.25, -0.2) is 4.39 Å². The second-order valence-corrected chi connectivity index (χ2v) is 5.98. The van der Waals surface area contributed by atoms with Gasteiger partial charge in [0, 0.05) is 17.4 Å². The van der Waals surface area contributed by atoms with Crippen molar-refractivity contribution in [2.24, 2.45) is 0 Å². The van der Waals surface area contributed by atoms with Crippen molar-refractivity contribution in [3.05, 3.63) is 71.7 Å². The number of nitrogens with zero attached hydrogens (tertiary/aromatic N) is 1. The second kappa shape index (κ2) is 6.84. The first-order chi connectivity index (χ1) is 11.6. The van der Waals surface area contributed by atoms with Gasteiger partial charge in [0.2, 0.25) is 0 Å². The summed E-state index contributed by atoms with van der Waals surface area (Å²) < 4.78 is 13.7. The van der Waals surface area contributed by atoms with Gasteiger partial charge in [-0.1, -0.05) is 36.4 Å². The molecular weight excluding hydrogens is 305 g/mol. The van der Waals surface area contributed by atoms with E-state index in [1.54, 1.807) is 18.2 Å². The molecule has 5 heteroatoms. The number of benzene rings is 2. The van der Waals surface area contributed by atoms with Gasteiger partial charge in [-0.3, -0.25) is 4.79 Å².